The smallest absolute Gasteiger partial charge is 0.341 e. The lowest BCUT2D eigenvalue weighted by Gasteiger charge is -2.07. The normalized spacial score (nSPS) is 10.1. The van der Waals surface area contributed by atoms with Gasteiger partial charge < -0.3 is 10.1 Å². The first-order valence-corrected chi connectivity index (χ1v) is 6.13. The Morgan fingerprint density at radius 1 is 1.00 bits per heavy atom. The summed E-state index contributed by atoms with van der Waals surface area (Å²) in [4.78, 5) is 23.1. The van der Waals surface area contributed by atoms with Crippen LogP contribution < -0.4 is 5.32 Å². The van der Waals surface area contributed by atoms with E-state index in [1.807, 2.05) is 0 Å². The molecular weight excluding hydrogens is 299 g/mol. The maximum absolute atomic E-state index is 13.3. The highest BCUT2D eigenvalue weighted by Gasteiger charge is 2.15. The molecule has 0 bridgehead atoms. The average Bonchev–Trinajstić information content (AvgIpc) is 2.45. The zero-order valence-electron chi connectivity index (χ0n) is 11.1. The fourth-order valence-corrected chi connectivity index (χ4v) is 1.63. The highest BCUT2D eigenvalue weighted by Crippen LogP contribution is 2.11. The monoisotopic (exact) mass is 309 g/mol. The van der Waals surface area contributed by atoms with Gasteiger partial charge in [0.25, 0.3) is 5.91 Å². The van der Waals surface area contributed by atoms with E-state index >= 15 is 0 Å². The van der Waals surface area contributed by atoms with E-state index in [4.69, 9.17) is 0 Å². The third-order valence-corrected chi connectivity index (χ3v) is 2.59. The molecule has 1 amide bonds. The number of hydrogen-bond acceptors (Lipinski definition) is 3. The average molecular weight is 309 g/mol. The standard InChI is InChI=1S/C15H10F3NO3/c16-9-2-1-3-11(6-9)19-14(20)8-22-15(21)12-5-4-10(17)7-13(12)18/h1-7H,8H2,(H,19,20). The number of ether oxygens (including phenoxy) is 1. The van der Waals surface area contributed by atoms with Crippen molar-refractivity contribution in [3.05, 3.63) is 65.5 Å². The van der Waals surface area contributed by atoms with Crippen molar-refractivity contribution in [2.45, 2.75) is 0 Å². The molecule has 0 heterocycles. The van der Waals surface area contributed by atoms with Crippen LogP contribution in [0.25, 0.3) is 0 Å². The molecule has 2 aromatic rings. The van der Waals surface area contributed by atoms with Crippen molar-refractivity contribution >= 4 is 17.6 Å². The lowest BCUT2D eigenvalue weighted by Crippen LogP contribution is -2.21. The van der Waals surface area contributed by atoms with E-state index in [1.54, 1.807) is 0 Å². The summed E-state index contributed by atoms with van der Waals surface area (Å²) in [5.41, 5.74) is -0.297. The summed E-state index contributed by atoms with van der Waals surface area (Å²) in [5, 5.41) is 2.30. The Bertz CT molecular complexity index is 719. The molecule has 0 saturated carbocycles. The molecule has 2 aromatic carbocycles. The SMILES string of the molecule is O=C(COC(=O)c1ccc(F)cc1F)Nc1cccc(F)c1. The molecule has 4 nitrogen and oxygen atoms in total. The summed E-state index contributed by atoms with van der Waals surface area (Å²) < 4.78 is 43.6. The molecule has 0 aromatic heterocycles. The van der Waals surface area contributed by atoms with Crippen LogP contribution in [0.2, 0.25) is 0 Å². The van der Waals surface area contributed by atoms with Crippen molar-refractivity contribution in [1.29, 1.82) is 0 Å². The molecule has 0 atom stereocenters. The summed E-state index contributed by atoms with van der Waals surface area (Å²) in [6.07, 6.45) is 0. The Hall–Kier alpha value is -2.83. The molecule has 114 valence electrons. The minimum Gasteiger partial charge on any atom is -0.452 e. The second kappa shape index (κ2) is 6.75. The minimum atomic E-state index is -1.10. The number of nitrogens with one attached hydrogen (secondary N) is 1. The number of hydrogen-bond donors (Lipinski definition) is 1. The predicted octanol–water partition coefficient (Wildman–Crippen LogP) is 2.90. The van der Waals surface area contributed by atoms with Gasteiger partial charge in [-0.15, -0.1) is 0 Å². The van der Waals surface area contributed by atoms with Gasteiger partial charge in [0.2, 0.25) is 0 Å². The van der Waals surface area contributed by atoms with Crippen molar-refractivity contribution in [2.24, 2.45) is 0 Å². The fourth-order valence-electron chi connectivity index (χ4n) is 1.63. The number of benzene rings is 2. The van der Waals surface area contributed by atoms with E-state index < -0.39 is 41.5 Å². The van der Waals surface area contributed by atoms with Gasteiger partial charge in [0.05, 0.1) is 5.56 Å². The molecule has 7 heteroatoms. The van der Waals surface area contributed by atoms with Gasteiger partial charge in [0.1, 0.15) is 17.5 Å². The Labute approximate surface area is 123 Å². The quantitative estimate of drug-likeness (QED) is 0.884. The van der Waals surface area contributed by atoms with Gasteiger partial charge in [0.15, 0.2) is 6.61 Å². The first kappa shape index (κ1) is 15.6. The molecule has 0 radical (unpaired) electrons. The lowest BCUT2D eigenvalue weighted by molar-refractivity contribution is -0.119. The van der Waals surface area contributed by atoms with E-state index in [2.05, 4.69) is 10.1 Å². The number of esters is 1. The third kappa shape index (κ3) is 4.08. The molecule has 2 rings (SSSR count). The van der Waals surface area contributed by atoms with Crippen LogP contribution in [0.1, 0.15) is 10.4 Å². The van der Waals surface area contributed by atoms with Crippen LogP contribution in [0, 0.1) is 17.5 Å². The summed E-state index contributed by atoms with van der Waals surface area (Å²) in [5.74, 6) is -4.29. The van der Waals surface area contributed by atoms with Gasteiger partial charge in [-0.1, -0.05) is 6.07 Å². The molecule has 0 aliphatic carbocycles. The maximum atomic E-state index is 13.3. The number of carbonyl (C=O) groups is 2. The van der Waals surface area contributed by atoms with E-state index in [0.717, 1.165) is 18.2 Å². The summed E-state index contributed by atoms with van der Waals surface area (Å²) in [6, 6.07) is 7.47. The van der Waals surface area contributed by atoms with Crippen LogP contribution in [0.5, 0.6) is 0 Å². The van der Waals surface area contributed by atoms with Crippen LogP contribution >= 0.6 is 0 Å². The highest BCUT2D eigenvalue weighted by atomic mass is 19.1. The minimum absolute atomic E-state index is 0.189. The fraction of sp³-hybridized carbons (Fsp3) is 0.0667. The van der Waals surface area contributed by atoms with Crippen molar-refractivity contribution in [3.63, 3.8) is 0 Å². The van der Waals surface area contributed by atoms with Gasteiger partial charge in [-0.25, -0.2) is 18.0 Å². The second-order valence-corrected chi connectivity index (χ2v) is 4.26. The van der Waals surface area contributed by atoms with E-state index in [1.165, 1.54) is 18.2 Å². The van der Waals surface area contributed by atoms with Crippen molar-refractivity contribution in [3.8, 4) is 0 Å². The molecule has 0 saturated heterocycles. The van der Waals surface area contributed by atoms with Crippen LogP contribution in [0.3, 0.4) is 0 Å². The Morgan fingerprint density at radius 3 is 2.41 bits per heavy atom. The molecular formula is C15H10F3NO3. The number of amides is 1. The number of rotatable bonds is 4. The number of halogens is 3. The molecule has 0 aliphatic rings. The van der Waals surface area contributed by atoms with Gasteiger partial charge >= 0.3 is 5.97 Å². The summed E-state index contributed by atoms with van der Waals surface area (Å²) in [6.45, 7) is -0.688. The molecule has 22 heavy (non-hydrogen) atoms. The summed E-state index contributed by atoms with van der Waals surface area (Å²) >= 11 is 0. The van der Waals surface area contributed by atoms with Gasteiger partial charge in [0, 0.05) is 11.8 Å². The van der Waals surface area contributed by atoms with E-state index in [0.29, 0.717) is 6.07 Å². The van der Waals surface area contributed by atoms with Gasteiger partial charge in [-0.2, -0.15) is 0 Å². The first-order chi connectivity index (χ1) is 10.5. The van der Waals surface area contributed by atoms with E-state index in [9.17, 15) is 22.8 Å². The highest BCUT2D eigenvalue weighted by molar-refractivity contribution is 5.95. The van der Waals surface area contributed by atoms with Crippen molar-refractivity contribution < 1.29 is 27.5 Å². The number of anilines is 1. The molecule has 1 N–H and O–H groups in total. The largest absolute Gasteiger partial charge is 0.452 e. The van der Waals surface area contributed by atoms with Gasteiger partial charge in [-0.05, 0) is 30.3 Å². The Kier molecular flexibility index (Phi) is 4.77. The van der Waals surface area contributed by atoms with Crippen molar-refractivity contribution in [1.82, 2.24) is 0 Å². The van der Waals surface area contributed by atoms with Crippen LogP contribution in [-0.4, -0.2) is 18.5 Å². The first-order valence-electron chi connectivity index (χ1n) is 6.13. The molecule has 0 spiro atoms. The van der Waals surface area contributed by atoms with Crippen LogP contribution in [0.4, 0.5) is 18.9 Å². The van der Waals surface area contributed by atoms with Gasteiger partial charge in [-0.3, -0.25) is 4.79 Å². The lowest BCUT2D eigenvalue weighted by atomic mass is 10.2. The van der Waals surface area contributed by atoms with Crippen LogP contribution in [0.15, 0.2) is 42.5 Å². The van der Waals surface area contributed by atoms with Crippen molar-refractivity contribution in [2.75, 3.05) is 11.9 Å². The van der Waals surface area contributed by atoms with E-state index in [-0.39, 0.29) is 5.69 Å². The summed E-state index contributed by atoms with van der Waals surface area (Å²) in [7, 11) is 0. The zero-order chi connectivity index (χ0) is 16.1. The maximum Gasteiger partial charge on any atom is 0.341 e. The molecule has 0 fully saturated rings. The third-order valence-electron chi connectivity index (χ3n) is 2.59. The predicted molar refractivity (Wildman–Crippen MR) is 71.7 cm³/mol. The molecule has 0 aliphatic heterocycles. The van der Waals surface area contributed by atoms with Crippen LogP contribution in [-0.2, 0) is 9.53 Å². The molecule has 0 unspecified atom stereocenters. The second-order valence-electron chi connectivity index (χ2n) is 4.26. The Balaban J connectivity index is 1.92. The Morgan fingerprint density at radius 2 is 1.73 bits per heavy atom. The topological polar surface area (TPSA) is 55.4 Å². The number of carbonyl (C=O) groups excluding carboxylic acids is 2. The zero-order valence-corrected chi connectivity index (χ0v) is 11.1.